The highest BCUT2D eigenvalue weighted by atomic mass is 19.1. The molecule has 0 aliphatic heterocycles. The second-order valence-corrected chi connectivity index (χ2v) is 8.59. The number of hydrogen-bond acceptors (Lipinski definition) is 1. The molecular weight excluding hydrogens is 330 g/mol. The molecule has 0 heterocycles. The Balaban J connectivity index is 1.37. The molecular formula is C23H34F2O. The highest BCUT2D eigenvalue weighted by Gasteiger charge is 2.30. The highest BCUT2D eigenvalue weighted by Crippen LogP contribution is 2.42. The van der Waals surface area contributed by atoms with Crippen LogP contribution in [0.25, 0.3) is 0 Å². The Kier molecular flexibility index (Phi) is 7.33. The molecule has 0 radical (unpaired) electrons. The Morgan fingerprint density at radius 1 is 0.885 bits per heavy atom. The van der Waals surface area contributed by atoms with E-state index in [0.717, 1.165) is 23.8 Å². The van der Waals surface area contributed by atoms with E-state index in [0.29, 0.717) is 12.5 Å². The maximum absolute atomic E-state index is 13.7. The summed E-state index contributed by atoms with van der Waals surface area (Å²) in [4.78, 5) is 0. The summed E-state index contributed by atoms with van der Waals surface area (Å²) in [5, 5.41) is 0. The number of hydrogen-bond donors (Lipinski definition) is 0. The van der Waals surface area contributed by atoms with Crippen LogP contribution in [0.5, 0.6) is 5.75 Å². The Morgan fingerprint density at radius 2 is 1.50 bits per heavy atom. The molecule has 1 aromatic carbocycles. The van der Waals surface area contributed by atoms with Gasteiger partial charge in [-0.05, 0) is 74.3 Å². The Bertz CT molecular complexity index is 543. The number of benzene rings is 1. The third-order valence-corrected chi connectivity index (χ3v) is 6.78. The lowest BCUT2D eigenvalue weighted by atomic mass is 9.69. The molecule has 0 N–H and O–H groups in total. The van der Waals surface area contributed by atoms with E-state index in [2.05, 4.69) is 6.92 Å². The molecule has 0 spiro atoms. The average molecular weight is 365 g/mol. The molecule has 3 rings (SSSR count). The van der Waals surface area contributed by atoms with E-state index < -0.39 is 11.6 Å². The Morgan fingerprint density at radius 3 is 2.08 bits per heavy atom. The molecule has 0 aromatic heterocycles. The maximum atomic E-state index is 13.7. The molecule has 2 aliphatic rings. The molecule has 146 valence electrons. The van der Waals surface area contributed by atoms with Gasteiger partial charge in [-0.25, -0.2) is 8.78 Å². The summed E-state index contributed by atoms with van der Waals surface area (Å²) in [6.45, 7) is 2.84. The Labute approximate surface area is 157 Å². The van der Waals surface area contributed by atoms with Crippen LogP contribution in [-0.2, 0) is 0 Å². The Hall–Kier alpha value is -1.12. The lowest BCUT2D eigenvalue weighted by Gasteiger charge is -2.37. The highest BCUT2D eigenvalue weighted by molar-refractivity contribution is 5.24. The van der Waals surface area contributed by atoms with Gasteiger partial charge in [-0.3, -0.25) is 0 Å². The average Bonchev–Trinajstić information content (AvgIpc) is 2.66. The van der Waals surface area contributed by atoms with Gasteiger partial charge in [0.2, 0.25) is 0 Å². The van der Waals surface area contributed by atoms with Crippen molar-refractivity contribution >= 4 is 0 Å². The van der Waals surface area contributed by atoms with Crippen LogP contribution in [-0.4, -0.2) is 6.61 Å². The van der Waals surface area contributed by atoms with Crippen LogP contribution in [0.15, 0.2) is 18.2 Å². The summed E-state index contributed by atoms with van der Waals surface area (Å²) in [7, 11) is 0. The number of halogens is 2. The fraction of sp³-hybridized carbons (Fsp3) is 0.739. The van der Waals surface area contributed by atoms with Crippen molar-refractivity contribution < 1.29 is 13.5 Å². The zero-order valence-corrected chi connectivity index (χ0v) is 16.2. The van der Waals surface area contributed by atoms with Crippen LogP contribution in [0, 0.1) is 35.3 Å². The van der Waals surface area contributed by atoms with E-state index in [-0.39, 0.29) is 5.75 Å². The van der Waals surface area contributed by atoms with Crippen LogP contribution >= 0.6 is 0 Å². The first kappa shape index (κ1) is 19.6. The number of rotatable bonds is 7. The molecule has 0 atom stereocenters. The van der Waals surface area contributed by atoms with E-state index in [1.165, 1.54) is 82.8 Å². The molecule has 0 amide bonds. The van der Waals surface area contributed by atoms with Gasteiger partial charge in [0.1, 0.15) is 5.82 Å². The zero-order valence-electron chi connectivity index (χ0n) is 16.2. The van der Waals surface area contributed by atoms with Crippen molar-refractivity contribution in [2.24, 2.45) is 23.7 Å². The second kappa shape index (κ2) is 9.71. The summed E-state index contributed by atoms with van der Waals surface area (Å²) in [6, 6.07) is 3.54. The minimum Gasteiger partial charge on any atom is -0.490 e. The summed E-state index contributed by atoms with van der Waals surface area (Å²) in [6.07, 6.45) is 14.9. The van der Waals surface area contributed by atoms with Crippen molar-refractivity contribution in [3.05, 3.63) is 29.8 Å². The molecule has 0 saturated heterocycles. The fourth-order valence-corrected chi connectivity index (χ4v) is 5.07. The number of ether oxygens (including phenoxy) is 1. The van der Waals surface area contributed by atoms with E-state index in [9.17, 15) is 8.78 Å². The topological polar surface area (TPSA) is 9.23 Å². The lowest BCUT2D eigenvalue weighted by Crippen LogP contribution is -2.27. The van der Waals surface area contributed by atoms with Gasteiger partial charge in [0.25, 0.3) is 0 Å². The van der Waals surface area contributed by atoms with Crippen molar-refractivity contribution in [2.75, 3.05) is 6.61 Å². The van der Waals surface area contributed by atoms with Gasteiger partial charge >= 0.3 is 0 Å². The third-order valence-electron chi connectivity index (χ3n) is 6.78. The van der Waals surface area contributed by atoms with E-state index in [1.54, 1.807) is 0 Å². The van der Waals surface area contributed by atoms with Crippen molar-refractivity contribution in [3.8, 4) is 5.75 Å². The van der Waals surface area contributed by atoms with Gasteiger partial charge in [0.05, 0.1) is 6.61 Å². The lowest BCUT2D eigenvalue weighted by molar-refractivity contribution is 0.120. The van der Waals surface area contributed by atoms with Crippen LogP contribution in [0.1, 0.15) is 77.6 Å². The minimum absolute atomic E-state index is 0.180. The first-order chi connectivity index (χ1) is 12.7. The summed E-state index contributed by atoms with van der Waals surface area (Å²) in [5.41, 5.74) is 0. The molecule has 26 heavy (non-hydrogen) atoms. The zero-order chi connectivity index (χ0) is 18.4. The molecule has 2 fully saturated rings. The third kappa shape index (κ3) is 5.44. The molecule has 3 heteroatoms. The van der Waals surface area contributed by atoms with E-state index in [1.807, 2.05) is 0 Å². The van der Waals surface area contributed by atoms with Crippen LogP contribution in [0.2, 0.25) is 0 Å². The van der Waals surface area contributed by atoms with Gasteiger partial charge in [-0.15, -0.1) is 0 Å². The van der Waals surface area contributed by atoms with Gasteiger partial charge in [0, 0.05) is 6.07 Å². The van der Waals surface area contributed by atoms with Crippen LogP contribution < -0.4 is 4.74 Å². The smallest absolute Gasteiger partial charge is 0.167 e. The fourth-order valence-electron chi connectivity index (χ4n) is 5.07. The quantitative estimate of drug-likeness (QED) is 0.499. The van der Waals surface area contributed by atoms with Gasteiger partial charge in [-0.1, -0.05) is 39.0 Å². The summed E-state index contributed by atoms with van der Waals surface area (Å²) in [5.74, 6) is 2.35. The second-order valence-electron chi connectivity index (χ2n) is 8.59. The standard InChI is InChI=1S/C23H34F2O/c1-2-3-4-17-5-9-19(10-6-17)20-11-7-18(8-12-20)16-26-23-14-13-21(24)15-22(23)25/h13-15,17-20H,2-12,16H2,1H3. The molecule has 1 aromatic rings. The van der Waals surface area contributed by atoms with E-state index >= 15 is 0 Å². The van der Waals surface area contributed by atoms with Gasteiger partial charge in [-0.2, -0.15) is 0 Å². The van der Waals surface area contributed by atoms with Crippen molar-refractivity contribution in [2.45, 2.75) is 77.6 Å². The summed E-state index contributed by atoms with van der Waals surface area (Å²) < 4.78 is 32.2. The predicted octanol–water partition coefficient (Wildman–Crippen LogP) is 7.15. The monoisotopic (exact) mass is 364 g/mol. The predicted molar refractivity (Wildman–Crippen MR) is 102 cm³/mol. The largest absolute Gasteiger partial charge is 0.490 e. The first-order valence-electron chi connectivity index (χ1n) is 10.7. The maximum Gasteiger partial charge on any atom is 0.167 e. The summed E-state index contributed by atoms with van der Waals surface area (Å²) >= 11 is 0. The molecule has 1 nitrogen and oxygen atoms in total. The van der Waals surface area contributed by atoms with E-state index in [4.69, 9.17) is 4.74 Å². The van der Waals surface area contributed by atoms with Crippen LogP contribution in [0.4, 0.5) is 8.78 Å². The molecule has 0 bridgehead atoms. The SMILES string of the molecule is CCCCC1CCC(C2CCC(COc3ccc(F)cc3F)CC2)CC1. The normalized spacial score (nSPS) is 29.5. The van der Waals surface area contributed by atoms with Crippen LogP contribution in [0.3, 0.4) is 0 Å². The number of unbranched alkanes of at least 4 members (excludes halogenated alkanes) is 1. The van der Waals surface area contributed by atoms with Crippen molar-refractivity contribution in [1.82, 2.24) is 0 Å². The van der Waals surface area contributed by atoms with Crippen molar-refractivity contribution in [3.63, 3.8) is 0 Å². The van der Waals surface area contributed by atoms with Crippen molar-refractivity contribution in [1.29, 1.82) is 0 Å². The van der Waals surface area contributed by atoms with Gasteiger partial charge in [0.15, 0.2) is 11.6 Å². The molecule has 0 unspecified atom stereocenters. The van der Waals surface area contributed by atoms with Gasteiger partial charge < -0.3 is 4.74 Å². The minimum atomic E-state index is -0.599. The first-order valence-corrected chi connectivity index (χ1v) is 10.7. The molecule has 2 saturated carbocycles. The molecule has 2 aliphatic carbocycles.